The van der Waals surface area contributed by atoms with E-state index in [0.717, 1.165) is 24.8 Å². The second-order valence-corrected chi connectivity index (χ2v) is 6.74. The third kappa shape index (κ3) is 6.76. The maximum absolute atomic E-state index is 12.2. The molecule has 1 aliphatic heterocycles. The van der Waals surface area contributed by atoms with Crippen molar-refractivity contribution >= 4 is 11.7 Å². The number of carbonyl (C=O) groups excluding carboxylic acids is 2. The summed E-state index contributed by atoms with van der Waals surface area (Å²) in [6, 6.07) is 0.150. The molecule has 0 aliphatic carbocycles. The lowest BCUT2D eigenvalue weighted by atomic mass is 9.92. The predicted molar refractivity (Wildman–Crippen MR) is 91.8 cm³/mol. The fraction of sp³-hybridized carbons (Fsp3) is 0.789. The Kier molecular flexibility index (Phi) is 9.10. The van der Waals surface area contributed by atoms with Gasteiger partial charge < -0.3 is 5.32 Å². The van der Waals surface area contributed by atoms with Gasteiger partial charge in [0, 0.05) is 12.5 Å². The fourth-order valence-electron chi connectivity index (χ4n) is 3.19. The molecule has 0 aromatic rings. The highest BCUT2D eigenvalue weighted by Crippen LogP contribution is 2.20. The first-order valence-corrected chi connectivity index (χ1v) is 9.10. The summed E-state index contributed by atoms with van der Waals surface area (Å²) in [5.74, 6) is -0.137. The van der Waals surface area contributed by atoms with E-state index >= 15 is 0 Å². The van der Waals surface area contributed by atoms with Gasteiger partial charge in [0.2, 0.25) is 0 Å². The zero-order valence-electron chi connectivity index (χ0n) is 14.7. The monoisotopic (exact) mass is 307 g/mol. The van der Waals surface area contributed by atoms with Crippen LogP contribution in [0, 0.1) is 0 Å². The molecule has 126 valence electrons. The van der Waals surface area contributed by atoms with Gasteiger partial charge in [-0.3, -0.25) is 9.59 Å². The summed E-state index contributed by atoms with van der Waals surface area (Å²) in [6.45, 7) is 6.13. The second-order valence-electron chi connectivity index (χ2n) is 6.74. The highest BCUT2D eigenvalue weighted by Gasteiger charge is 2.26. The van der Waals surface area contributed by atoms with Gasteiger partial charge in [0.1, 0.15) is 0 Å². The molecule has 0 fully saturated rings. The van der Waals surface area contributed by atoms with Crippen LogP contribution in [0.2, 0.25) is 0 Å². The number of hydrogen-bond acceptors (Lipinski definition) is 2. The normalized spacial score (nSPS) is 18.5. The van der Waals surface area contributed by atoms with E-state index in [-0.39, 0.29) is 17.7 Å². The zero-order chi connectivity index (χ0) is 16.4. The summed E-state index contributed by atoms with van der Waals surface area (Å²) in [5, 5.41) is 2.86. The minimum Gasteiger partial charge on any atom is -0.349 e. The van der Waals surface area contributed by atoms with E-state index in [0.29, 0.717) is 12.0 Å². The molecule has 1 N–H and O–H groups in total. The van der Waals surface area contributed by atoms with Gasteiger partial charge in [0.15, 0.2) is 5.78 Å². The summed E-state index contributed by atoms with van der Waals surface area (Å²) in [6.07, 6.45) is 12.5. The number of nitrogens with one attached hydrogen (secondary N) is 1. The van der Waals surface area contributed by atoms with Crippen molar-refractivity contribution in [3.63, 3.8) is 0 Å². The van der Waals surface area contributed by atoms with Crippen molar-refractivity contribution in [2.45, 2.75) is 97.4 Å². The quantitative estimate of drug-likeness (QED) is 0.444. The largest absolute Gasteiger partial charge is 0.349 e. The predicted octanol–water partition coefficient (Wildman–Crippen LogP) is 4.70. The fourth-order valence-corrected chi connectivity index (χ4v) is 3.19. The van der Waals surface area contributed by atoms with Crippen molar-refractivity contribution in [2.24, 2.45) is 0 Å². The van der Waals surface area contributed by atoms with Gasteiger partial charge in [-0.1, -0.05) is 63.9 Å². The molecule has 0 aromatic carbocycles. The van der Waals surface area contributed by atoms with Crippen LogP contribution in [-0.2, 0) is 9.59 Å². The Morgan fingerprint density at radius 3 is 2.14 bits per heavy atom. The lowest BCUT2D eigenvalue weighted by Gasteiger charge is -2.23. The minimum atomic E-state index is -0.169. The molecule has 0 saturated carbocycles. The third-order valence-electron chi connectivity index (χ3n) is 4.43. The summed E-state index contributed by atoms with van der Waals surface area (Å²) >= 11 is 0. The van der Waals surface area contributed by atoms with Crippen LogP contribution in [-0.4, -0.2) is 17.7 Å². The van der Waals surface area contributed by atoms with E-state index < -0.39 is 0 Å². The van der Waals surface area contributed by atoms with Crippen molar-refractivity contribution in [3.8, 4) is 0 Å². The van der Waals surface area contributed by atoms with Gasteiger partial charge in [-0.15, -0.1) is 0 Å². The number of Topliss-reactive ketones (excluding diaryl/α,β-unsaturated/α-hetero) is 1. The molecule has 1 heterocycles. The molecule has 3 nitrogen and oxygen atoms in total. The second kappa shape index (κ2) is 10.6. The Bertz CT molecular complexity index is 398. The average molecular weight is 307 g/mol. The third-order valence-corrected chi connectivity index (χ3v) is 4.43. The number of rotatable bonds is 11. The first kappa shape index (κ1) is 18.9. The molecule has 1 rings (SSSR count). The van der Waals surface area contributed by atoms with Gasteiger partial charge >= 0.3 is 0 Å². The Morgan fingerprint density at radius 1 is 1.05 bits per heavy atom. The Labute approximate surface area is 135 Å². The van der Waals surface area contributed by atoms with Gasteiger partial charge in [-0.05, 0) is 26.7 Å². The van der Waals surface area contributed by atoms with Gasteiger partial charge in [0.25, 0.3) is 5.91 Å². The molecular formula is C19H33NO2. The van der Waals surface area contributed by atoms with Crippen molar-refractivity contribution in [1.29, 1.82) is 0 Å². The first-order valence-electron chi connectivity index (χ1n) is 9.10. The van der Waals surface area contributed by atoms with Crippen molar-refractivity contribution in [1.82, 2.24) is 5.32 Å². The molecule has 1 amide bonds. The lowest BCUT2D eigenvalue weighted by molar-refractivity contribution is -0.123. The van der Waals surface area contributed by atoms with Crippen LogP contribution < -0.4 is 5.32 Å². The molecule has 0 radical (unpaired) electrons. The number of hydrogen-bond donors (Lipinski definition) is 1. The molecule has 0 bridgehead atoms. The minimum absolute atomic E-state index is 0.0323. The van der Waals surface area contributed by atoms with Gasteiger partial charge in [-0.25, -0.2) is 0 Å². The SMILES string of the molecule is CCCCCCCCCCCC(=O)C1=C(C)C[C@H](C)NC1=O. The van der Waals surface area contributed by atoms with Crippen molar-refractivity contribution < 1.29 is 9.59 Å². The molecular weight excluding hydrogens is 274 g/mol. The number of amides is 1. The first-order chi connectivity index (χ1) is 10.6. The maximum Gasteiger partial charge on any atom is 0.255 e. The van der Waals surface area contributed by atoms with Crippen molar-refractivity contribution in [3.05, 3.63) is 11.1 Å². The average Bonchev–Trinajstić information content (AvgIpc) is 2.44. The number of unbranched alkanes of at least 4 members (excludes halogenated alkanes) is 8. The summed E-state index contributed by atoms with van der Waals surface area (Å²) in [7, 11) is 0. The van der Waals surface area contributed by atoms with Crippen LogP contribution in [0.5, 0.6) is 0 Å². The molecule has 1 atom stereocenters. The molecule has 22 heavy (non-hydrogen) atoms. The highest BCUT2D eigenvalue weighted by atomic mass is 16.2. The number of ketones is 1. The molecule has 0 saturated heterocycles. The Morgan fingerprint density at radius 2 is 1.59 bits per heavy atom. The van der Waals surface area contributed by atoms with E-state index in [1.54, 1.807) is 0 Å². The summed E-state index contributed by atoms with van der Waals surface area (Å²) in [4.78, 5) is 24.1. The molecule has 0 unspecified atom stereocenters. The number of carbonyl (C=O) groups is 2. The van der Waals surface area contributed by atoms with E-state index in [2.05, 4.69) is 12.2 Å². The molecule has 0 aromatic heterocycles. The zero-order valence-corrected chi connectivity index (χ0v) is 14.7. The van der Waals surface area contributed by atoms with Crippen LogP contribution in [0.15, 0.2) is 11.1 Å². The van der Waals surface area contributed by atoms with Crippen LogP contribution in [0.3, 0.4) is 0 Å². The Balaban J connectivity index is 2.16. The van der Waals surface area contributed by atoms with E-state index in [4.69, 9.17) is 0 Å². The van der Waals surface area contributed by atoms with Gasteiger partial charge in [-0.2, -0.15) is 0 Å². The smallest absolute Gasteiger partial charge is 0.255 e. The van der Waals surface area contributed by atoms with E-state index in [1.165, 1.54) is 44.9 Å². The molecule has 1 aliphatic rings. The molecule has 3 heteroatoms. The lowest BCUT2D eigenvalue weighted by Crippen LogP contribution is -2.40. The van der Waals surface area contributed by atoms with Crippen LogP contribution in [0.25, 0.3) is 0 Å². The van der Waals surface area contributed by atoms with Crippen LogP contribution in [0.1, 0.15) is 91.4 Å². The standard InChI is InChI=1S/C19H33NO2/c1-4-5-6-7-8-9-10-11-12-13-17(21)18-15(2)14-16(3)20-19(18)22/h16H,4-14H2,1-3H3,(H,20,22)/t16-/m0/s1. The van der Waals surface area contributed by atoms with Crippen LogP contribution in [0.4, 0.5) is 0 Å². The van der Waals surface area contributed by atoms with Crippen molar-refractivity contribution in [2.75, 3.05) is 0 Å². The topological polar surface area (TPSA) is 46.2 Å². The highest BCUT2D eigenvalue weighted by molar-refractivity contribution is 6.20. The maximum atomic E-state index is 12.2. The van der Waals surface area contributed by atoms with E-state index in [9.17, 15) is 9.59 Å². The molecule has 0 spiro atoms. The Hall–Kier alpha value is -1.12. The van der Waals surface area contributed by atoms with Gasteiger partial charge in [0.05, 0.1) is 5.57 Å². The summed E-state index contributed by atoms with van der Waals surface area (Å²) in [5.41, 5.74) is 1.38. The van der Waals surface area contributed by atoms with E-state index in [1.807, 2.05) is 13.8 Å². The summed E-state index contributed by atoms with van der Waals surface area (Å²) < 4.78 is 0. The van der Waals surface area contributed by atoms with Crippen LogP contribution >= 0.6 is 0 Å².